The van der Waals surface area contributed by atoms with Crippen LogP contribution in [0.25, 0.3) is 0 Å². The fourth-order valence-electron chi connectivity index (χ4n) is 3.71. The number of rotatable bonds is 7. The maximum Gasteiger partial charge on any atom is 0.254 e. The van der Waals surface area contributed by atoms with Crippen molar-refractivity contribution >= 4 is 11.8 Å². The average molecular weight is 448 g/mol. The zero-order valence-corrected chi connectivity index (χ0v) is 18.2. The van der Waals surface area contributed by atoms with Gasteiger partial charge in [-0.1, -0.05) is 18.2 Å². The molecule has 2 heterocycles. The lowest BCUT2D eigenvalue weighted by molar-refractivity contribution is -0.132. The Morgan fingerprint density at radius 2 is 1.64 bits per heavy atom. The van der Waals surface area contributed by atoms with Gasteiger partial charge in [0.2, 0.25) is 5.91 Å². The van der Waals surface area contributed by atoms with Gasteiger partial charge in [0.25, 0.3) is 5.91 Å². The molecule has 0 aliphatic carbocycles. The lowest BCUT2D eigenvalue weighted by atomic mass is 10.1. The van der Waals surface area contributed by atoms with Crippen molar-refractivity contribution < 1.29 is 18.7 Å². The standard InChI is InChI=1S/C25H25FN4O3/c26-21-6-1-4-19(16-21)8-15-33-22-7-2-5-20(17-22)25(32)30-13-11-29(12-14-30)24(31)18-23-27-9-3-10-28-23/h1-7,9-10,16-17H,8,11-15,18H2. The van der Waals surface area contributed by atoms with Gasteiger partial charge >= 0.3 is 0 Å². The molecule has 1 saturated heterocycles. The van der Waals surface area contributed by atoms with Crippen LogP contribution in [0.15, 0.2) is 67.0 Å². The number of nitrogens with zero attached hydrogens (tertiary/aromatic N) is 4. The van der Waals surface area contributed by atoms with Crippen molar-refractivity contribution in [2.45, 2.75) is 12.8 Å². The number of aromatic nitrogens is 2. The third-order valence-corrected chi connectivity index (χ3v) is 5.48. The molecule has 170 valence electrons. The second-order valence-electron chi connectivity index (χ2n) is 7.77. The zero-order valence-electron chi connectivity index (χ0n) is 18.2. The Hall–Kier alpha value is -3.81. The Morgan fingerprint density at radius 1 is 0.909 bits per heavy atom. The number of ether oxygens (including phenoxy) is 1. The Morgan fingerprint density at radius 3 is 2.39 bits per heavy atom. The van der Waals surface area contributed by atoms with Crippen LogP contribution in [-0.2, 0) is 17.6 Å². The molecule has 0 atom stereocenters. The van der Waals surface area contributed by atoms with Crippen molar-refractivity contribution in [1.82, 2.24) is 19.8 Å². The van der Waals surface area contributed by atoms with Crippen LogP contribution >= 0.6 is 0 Å². The second kappa shape index (κ2) is 10.7. The normalized spacial score (nSPS) is 13.6. The van der Waals surface area contributed by atoms with Gasteiger partial charge in [-0.15, -0.1) is 0 Å². The van der Waals surface area contributed by atoms with Crippen LogP contribution in [0.4, 0.5) is 4.39 Å². The molecule has 7 nitrogen and oxygen atoms in total. The van der Waals surface area contributed by atoms with E-state index < -0.39 is 0 Å². The van der Waals surface area contributed by atoms with E-state index in [2.05, 4.69) is 9.97 Å². The summed E-state index contributed by atoms with van der Waals surface area (Å²) in [6.07, 6.45) is 3.96. The molecule has 0 radical (unpaired) electrons. The molecule has 8 heteroatoms. The van der Waals surface area contributed by atoms with Crippen molar-refractivity contribution in [2.75, 3.05) is 32.8 Å². The van der Waals surface area contributed by atoms with E-state index in [0.29, 0.717) is 56.3 Å². The first-order valence-corrected chi connectivity index (χ1v) is 10.9. The minimum Gasteiger partial charge on any atom is -0.493 e. The summed E-state index contributed by atoms with van der Waals surface area (Å²) in [6.45, 7) is 2.26. The van der Waals surface area contributed by atoms with E-state index in [9.17, 15) is 14.0 Å². The number of hydrogen-bond donors (Lipinski definition) is 0. The molecule has 1 aromatic heterocycles. The lowest BCUT2D eigenvalue weighted by Gasteiger charge is -2.34. The number of halogens is 1. The second-order valence-corrected chi connectivity index (χ2v) is 7.77. The average Bonchev–Trinajstić information content (AvgIpc) is 2.84. The van der Waals surface area contributed by atoms with Gasteiger partial charge < -0.3 is 14.5 Å². The summed E-state index contributed by atoms with van der Waals surface area (Å²) in [6, 6.07) is 15.2. The largest absolute Gasteiger partial charge is 0.493 e. The molecule has 2 aromatic carbocycles. The number of hydrogen-bond acceptors (Lipinski definition) is 5. The van der Waals surface area contributed by atoms with Crippen LogP contribution in [-0.4, -0.2) is 64.4 Å². The third kappa shape index (κ3) is 6.12. The lowest BCUT2D eigenvalue weighted by Crippen LogP contribution is -2.51. The Bertz CT molecular complexity index is 1100. The predicted molar refractivity (Wildman–Crippen MR) is 120 cm³/mol. The van der Waals surface area contributed by atoms with Gasteiger partial charge in [0.05, 0.1) is 13.0 Å². The summed E-state index contributed by atoms with van der Waals surface area (Å²) in [5, 5.41) is 0. The van der Waals surface area contributed by atoms with Gasteiger partial charge in [-0.25, -0.2) is 14.4 Å². The maximum atomic E-state index is 13.3. The van der Waals surface area contributed by atoms with Gasteiger partial charge in [-0.05, 0) is 42.0 Å². The van der Waals surface area contributed by atoms with Crippen LogP contribution in [0.3, 0.4) is 0 Å². The monoisotopic (exact) mass is 448 g/mol. The summed E-state index contributed by atoms with van der Waals surface area (Å²) >= 11 is 0. The summed E-state index contributed by atoms with van der Waals surface area (Å²) < 4.78 is 19.1. The highest BCUT2D eigenvalue weighted by atomic mass is 19.1. The predicted octanol–water partition coefficient (Wildman–Crippen LogP) is 2.76. The minimum atomic E-state index is -0.268. The summed E-state index contributed by atoms with van der Waals surface area (Å²) in [4.78, 5) is 37.1. The van der Waals surface area contributed by atoms with Gasteiger partial charge in [-0.2, -0.15) is 0 Å². The van der Waals surface area contributed by atoms with Crippen LogP contribution in [0.2, 0.25) is 0 Å². The molecule has 0 N–H and O–H groups in total. The van der Waals surface area contributed by atoms with Crippen molar-refractivity contribution in [2.24, 2.45) is 0 Å². The molecule has 3 aromatic rings. The number of amides is 2. The van der Waals surface area contributed by atoms with E-state index in [1.807, 2.05) is 6.07 Å². The molecule has 1 aliphatic rings. The Labute approximate surface area is 191 Å². The van der Waals surface area contributed by atoms with Crippen LogP contribution < -0.4 is 4.74 Å². The van der Waals surface area contributed by atoms with Gasteiger partial charge in [0, 0.05) is 50.6 Å². The minimum absolute atomic E-state index is 0.0398. The number of carbonyl (C=O) groups is 2. The van der Waals surface area contributed by atoms with Gasteiger partial charge in [0.15, 0.2) is 0 Å². The molecular weight excluding hydrogens is 423 g/mol. The molecule has 1 aliphatic heterocycles. The summed E-state index contributed by atoms with van der Waals surface area (Å²) in [5.41, 5.74) is 1.39. The summed E-state index contributed by atoms with van der Waals surface area (Å²) in [5.74, 6) is 0.686. The molecule has 0 bridgehead atoms. The molecule has 0 unspecified atom stereocenters. The first-order valence-electron chi connectivity index (χ1n) is 10.9. The van der Waals surface area contributed by atoms with Crippen molar-refractivity contribution in [1.29, 1.82) is 0 Å². The number of benzene rings is 2. The van der Waals surface area contributed by atoms with E-state index in [1.54, 1.807) is 58.6 Å². The third-order valence-electron chi connectivity index (χ3n) is 5.48. The topological polar surface area (TPSA) is 75.6 Å². The van der Waals surface area contributed by atoms with Gasteiger partial charge in [-0.3, -0.25) is 9.59 Å². The molecule has 0 spiro atoms. The molecule has 0 saturated carbocycles. The van der Waals surface area contributed by atoms with Gasteiger partial charge in [0.1, 0.15) is 17.4 Å². The molecule has 4 rings (SSSR count). The van der Waals surface area contributed by atoms with E-state index in [0.717, 1.165) is 5.56 Å². The highest BCUT2D eigenvalue weighted by Crippen LogP contribution is 2.17. The number of carbonyl (C=O) groups excluding carboxylic acids is 2. The van der Waals surface area contributed by atoms with Crippen molar-refractivity contribution in [3.63, 3.8) is 0 Å². The fraction of sp³-hybridized carbons (Fsp3) is 0.280. The first kappa shape index (κ1) is 22.4. The maximum absolute atomic E-state index is 13.3. The highest BCUT2D eigenvalue weighted by molar-refractivity contribution is 5.94. The molecular formula is C25H25FN4O3. The van der Waals surface area contributed by atoms with Crippen LogP contribution in [0.1, 0.15) is 21.7 Å². The zero-order chi connectivity index (χ0) is 23.0. The fourth-order valence-corrected chi connectivity index (χ4v) is 3.71. The van der Waals surface area contributed by atoms with E-state index >= 15 is 0 Å². The van der Waals surface area contributed by atoms with E-state index in [-0.39, 0.29) is 24.1 Å². The smallest absolute Gasteiger partial charge is 0.254 e. The van der Waals surface area contributed by atoms with E-state index in [4.69, 9.17) is 4.74 Å². The van der Waals surface area contributed by atoms with Crippen LogP contribution in [0.5, 0.6) is 5.75 Å². The number of piperazine rings is 1. The van der Waals surface area contributed by atoms with Crippen LogP contribution in [0, 0.1) is 5.82 Å². The SMILES string of the molecule is O=C(Cc1ncccn1)N1CCN(C(=O)c2cccc(OCCc3cccc(F)c3)c2)CC1. The van der Waals surface area contributed by atoms with E-state index in [1.165, 1.54) is 12.1 Å². The Kier molecular flexibility index (Phi) is 7.24. The molecule has 2 amide bonds. The first-order chi connectivity index (χ1) is 16.1. The molecule has 1 fully saturated rings. The van der Waals surface area contributed by atoms with Crippen molar-refractivity contribution in [3.8, 4) is 5.75 Å². The summed E-state index contributed by atoms with van der Waals surface area (Å²) in [7, 11) is 0. The molecule has 33 heavy (non-hydrogen) atoms. The van der Waals surface area contributed by atoms with Crippen molar-refractivity contribution in [3.05, 3.63) is 89.8 Å². The quantitative estimate of drug-likeness (QED) is 0.556. The Balaban J connectivity index is 1.27. The highest BCUT2D eigenvalue weighted by Gasteiger charge is 2.25.